The molecule has 5 nitrogen and oxygen atoms in total. The van der Waals surface area contributed by atoms with Crippen LogP contribution < -0.4 is 11.1 Å². The van der Waals surface area contributed by atoms with Crippen molar-refractivity contribution < 1.29 is 14.3 Å². The van der Waals surface area contributed by atoms with Crippen LogP contribution in [0.3, 0.4) is 0 Å². The van der Waals surface area contributed by atoms with Crippen LogP contribution in [0.2, 0.25) is 0 Å². The Morgan fingerprint density at radius 2 is 1.19 bits per heavy atom. The molecule has 0 aliphatic carbocycles. The zero-order chi connectivity index (χ0) is 23.0. The summed E-state index contributed by atoms with van der Waals surface area (Å²) in [5.74, 6) is -0.370. The normalized spacial score (nSPS) is 12.0. The maximum atomic E-state index is 12.2. The van der Waals surface area contributed by atoms with Gasteiger partial charge in [-0.2, -0.15) is 0 Å². The van der Waals surface area contributed by atoms with E-state index in [1.807, 2.05) is 0 Å². The van der Waals surface area contributed by atoms with Crippen molar-refractivity contribution in [2.45, 2.75) is 142 Å². The lowest BCUT2D eigenvalue weighted by Gasteiger charge is -2.17. The fourth-order valence-corrected chi connectivity index (χ4v) is 3.91. The number of carbonyl (C=O) groups excluding carboxylic acids is 2. The minimum absolute atomic E-state index is 0.0412. The van der Waals surface area contributed by atoms with Gasteiger partial charge in [-0.1, -0.05) is 96.8 Å². The van der Waals surface area contributed by atoms with E-state index in [0.717, 1.165) is 25.7 Å². The molecular weight excluding hydrogens is 388 g/mol. The summed E-state index contributed by atoms with van der Waals surface area (Å²) in [6.45, 7) is 4.99. The van der Waals surface area contributed by atoms with Gasteiger partial charge in [0.05, 0.1) is 6.61 Å². The minimum atomic E-state index is -0.532. The number of hydrogen-bond acceptors (Lipinski definition) is 4. The molecule has 0 aliphatic heterocycles. The molecule has 1 atom stereocenters. The van der Waals surface area contributed by atoms with Crippen molar-refractivity contribution in [2.75, 3.05) is 13.2 Å². The van der Waals surface area contributed by atoms with Gasteiger partial charge in [-0.25, -0.2) is 4.79 Å². The molecule has 1 amide bonds. The maximum absolute atomic E-state index is 12.2. The lowest BCUT2D eigenvalue weighted by Crippen LogP contribution is -2.41. The van der Waals surface area contributed by atoms with Crippen LogP contribution in [-0.2, 0) is 14.3 Å². The van der Waals surface area contributed by atoms with E-state index in [-0.39, 0.29) is 11.9 Å². The minimum Gasteiger partial charge on any atom is -0.464 e. The topological polar surface area (TPSA) is 81.4 Å². The first-order chi connectivity index (χ1) is 15.2. The van der Waals surface area contributed by atoms with Gasteiger partial charge in [0, 0.05) is 6.42 Å². The molecule has 5 heteroatoms. The standard InChI is InChI=1S/C26H52N2O3/c1-3-5-6-7-8-9-10-11-12-13-14-15-16-17-18-22-25(29)28-24(21-19-20-23-27)26(30)31-4-2/h24H,3-23,27H2,1-2H3,(H,28,29)/t24-/m0/s1. The summed E-state index contributed by atoms with van der Waals surface area (Å²) in [6, 6.07) is -0.532. The van der Waals surface area contributed by atoms with Crippen molar-refractivity contribution in [1.29, 1.82) is 0 Å². The van der Waals surface area contributed by atoms with Crippen LogP contribution in [0.25, 0.3) is 0 Å². The molecule has 0 radical (unpaired) electrons. The van der Waals surface area contributed by atoms with Crippen molar-refractivity contribution in [1.82, 2.24) is 5.32 Å². The Labute approximate surface area is 192 Å². The monoisotopic (exact) mass is 440 g/mol. The van der Waals surface area contributed by atoms with Crippen LogP contribution in [0.5, 0.6) is 0 Å². The molecule has 0 fully saturated rings. The summed E-state index contributed by atoms with van der Waals surface area (Å²) in [5.41, 5.74) is 5.52. The van der Waals surface area contributed by atoms with E-state index in [2.05, 4.69) is 12.2 Å². The lowest BCUT2D eigenvalue weighted by atomic mass is 10.0. The number of amides is 1. The molecule has 0 unspecified atom stereocenters. The van der Waals surface area contributed by atoms with Gasteiger partial charge in [0.15, 0.2) is 0 Å². The molecule has 0 bridgehead atoms. The number of rotatable bonds is 23. The average Bonchev–Trinajstić information content (AvgIpc) is 2.76. The first kappa shape index (κ1) is 29.9. The Kier molecular flexibility index (Phi) is 22.7. The van der Waals surface area contributed by atoms with Gasteiger partial charge in [0.2, 0.25) is 5.91 Å². The van der Waals surface area contributed by atoms with Crippen molar-refractivity contribution >= 4 is 11.9 Å². The van der Waals surface area contributed by atoms with Crippen molar-refractivity contribution in [3.05, 3.63) is 0 Å². The number of ether oxygens (including phenoxy) is 1. The fourth-order valence-electron chi connectivity index (χ4n) is 3.91. The van der Waals surface area contributed by atoms with Gasteiger partial charge >= 0.3 is 5.97 Å². The Hall–Kier alpha value is -1.10. The third-order valence-corrected chi connectivity index (χ3v) is 5.86. The van der Waals surface area contributed by atoms with Crippen molar-refractivity contribution in [3.8, 4) is 0 Å². The maximum Gasteiger partial charge on any atom is 0.328 e. The summed E-state index contributed by atoms with van der Waals surface area (Å²) < 4.78 is 5.08. The van der Waals surface area contributed by atoms with Gasteiger partial charge in [-0.15, -0.1) is 0 Å². The summed E-state index contributed by atoms with van der Waals surface area (Å²) in [4.78, 5) is 24.2. The molecule has 0 saturated heterocycles. The third-order valence-electron chi connectivity index (χ3n) is 5.86. The molecule has 0 spiro atoms. The first-order valence-electron chi connectivity index (χ1n) is 13.3. The number of nitrogens with two attached hydrogens (primary N) is 1. The Morgan fingerprint density at radius 1 is 0.710 bits per heavy atom. The number of unbranched alkanes of at least 4 members (excludes halogenated alkanes) is 15. The number of nitrogens with one attached hydrogen (secondary N) is 1. The summed E-state index contributed by atoms with van der Waals surface area (Å²) in [6.07, 6.45) is 22.4. The molecule has 184 valence electrons. The average molecular weight is 441 g/mol. The second-order valence-electron chi connectivity index (χ2n) is 8.86. The quantitative estimate of drug-likeness (QED) is 0.142. The number of esters is 1. The summed E-state index contributed by atoms with van der Waals surface area (Å²) in [7, 11) is 0. The van der Waals surface area contributed by atoms with E-state index < -0.39 is 6.04 Å². The van der Waals surface area contributed by atoms with Crippen LogP contribution in [0.15, 0.2) is 0 Å². The molecule has 3 N–H and O–H groups in total. The van der Waals surface area contributed by atoms with E-state index in [1.54, 1.807) is 6.92 Å². The summed E-state index contributed by atoms with van der Waals surface area (Å²) >= 11 is 0. The lowest BCUT2D eigenvalue weighted by molar-refractivity contribution is -0.147. The Morgan fingerprint density at radius 3 is 1.65 bits per heavy atom. The highest BCUT2D eigenvalue weighted by Gasteiger charge is 2.21. The smallest absolute Gasteiger partial charge is 0.328 e. The molecule has 0 rings (SSSR count). The van der Waals surface area contributed by atoms with Gasteiger partial charge in [0.25, 0.3) is 0 Å². The molecule has 0 aliphatic rings. The fraction of sp³-hybridized carbons (Fsp3) is 0.923. The molecule has 0 aromatic heterocycles. The van der Waals surface area contributed by atoms with Crippen molar-refractivity contribution in [2.24, 2.45) is 5.73 Å². The van der Waals surface area contributed by atoms with E-state index in [4.69, 9.17) is 10.5 Å². The van der Waals surface area contributed by atoms with Crippen molar-refractivity contribution in [3.63, 3.8) is 0 Å². The second kappa shape index (κ2) is 23.6. The third kappa shape index (κ3) is 20.6. The van der Waals surface area contributed by atoms with E-state index >= 15 is 0 Å². The molecule has 0 aromatic carbocycles. The van der Waals surface area contributed by atoms with Gasteiger partial charge < -0.3 is 15.8 Å². The SMILES string of the molecule is CCCCCCCCCCCCCCCCCC(=O)N[C@@H](CCCCN)C(=O)OCC. The number of carbonyl (C=O) groups is 2. The highest BCUT2D eigenvalue weighted by Crippen LogP contribution is 2.14. The van der Waals surface area contributed by atoms with Gasteiger partial charge in [0.1, 0.15) is 6.04 Å². The Bertz CT molecular complexity index is 415. The predicted octanol–water partition coefficient (Wildman–Crippen LogP) is 6.42. The largest absolute Gasteiger partial charge is 0.464 e. The van der Waals surface area contributed by atoms with E-state index in [9.17, 15) is 9.59 Å². The van der Waals surface area contributed by atoms with E-state index in [0.29, 0.717) is 26.0 Å². The first-order valence-corrected chi connectivity index (χ1v) is 13.3. The highest BCUT2D eigenvalue weighted by atomic mass is 16.5. The zero-order valence-electron chi connectivity index (χ0n) is 20.7. The van der Waals surface area contributed by atoms with Crippen LogP contribution in [0.1, 0.15) is 136 Å². The van der Waals surface area contributed by atoms with Crippen LogP contribution in [0, 0.1) is 0 Å². The van der Waals surface area contributed by atoms with Gasteiger partial charge in [-0.3, -0.25) is 4.79 Å². The molecule has 0 saturated carbocycles. The molecular formula is C26H52N2O3. The van der Waals surface area contributed by atoms with Crippen LogP contribution in [-0.4, -0.2) is 31.1 Å². The van der Waals surface area contributed by atoms with Gasteiger partial charge in [-0.05, 0) is 39.2 Å². The number of hydrogen-bond donors (Lipinski definition) is 2. The molecule has 0 heterocycles. The zero-order valence-corrected chi connectivity index (χ0v) is 20.7. The highest BCUT2D eigenvalue weighted by molar-refractivity contribution is 5.84. The van der Waals surface area contributed by atoms with E-state index in [1.165, 1.54) is 83.5 Å². The molecule has 0 aromatic rings. The summed E-state index contributed by atoms with van der Waals surface area (Å²) in [5, 5.41) is 2.86. The molecule has 31 heavy (non-hydrogen) atoms. The predicted molar refractivity (Wildman–Crippen MR) is 131 cm³/mol. The van der Waals surface area contributed by atoms with Crippen LogP contribution >= 0.6 is 0 Å². The Balaban J connectivity index is 3.59. The van der Waals surface area contributed by atoms with Crippen LogP contribution in [0.4, 0.5) is 0 Å². The second-order valence-corrected chi connectivity index (χ2v) is 8.86.